The smallest absolute Gasteiger partial charge is 0.317 e. The lowest BCUT2D eigenvalue weighted by molar-refractivity contribution is 0.600. The summed E-state index contributed by atoms with van der Waals surface area (Å²) in [7, 11) is -1.98. The van der Waals surface area contributed by atoms with Gasteiger partial charge in [0.2, 0.25) is 0 Å². The van der Waals surface area contributed by atoms with Crippen molar-refractivity contribution in [3.63, 3.8) is 0 Å². The minimum Gasteiger partial charge on any atom is -0.350 e. The fourth-order valence-corrected chi connectivity index (χ4v) is 0.991. The Morgan fingerprint density at radius 2 is 2.33 bits per heavy atom. The van der Waals surface area contributed by atoms with Crippen molar-refractivity contribution in [1.29, 1.82) is 0 Å². The van der Waals surface area contributed by atoms with Crippen LogP contribution in [0.5, 0.6) is 0 Å². The minimum atomic E-state index is -3.76. The van der Waals surface area contributed by atoms with E-state index < -0.39 is 10.2 Å². The van der Waals surface area contributed by atoms with Crippen LogP contribution in [-0.2, 0) is 17.3 Å². The summed E-state index contributed by atoms with van der Waals surface area (Å²) >= 11 is 0. The van der Waals surface area contributed by atoms with E-state index in [-0.39, 0.29) is 0 Å². The van der Waals surface area contributed by atoms with Crippen molar-refractivity contribution in [2.24, 2.45) is 16.6 Å². The van der Waals surface area contributed by atoms with E-state index in [1.54, 1.807) is 29.9 Å². The molecule has 0 aliphatic rings. The molecule has 0 saturated heterocycles. The van der Waals surface area contributed by atoms with E-state index in [4.69, 9.17) is 0 Å². The maximum absolute atomic E-state index is 10.4. The van der Waals surface area contributed by atoms with Gasteiger partial charge in [-0.2, -0.15) is 12.8 Å². The summed E-state index contributed by atoms with van der Waals surface area (Å²) in [6, 6.07) is 3.51. The maximum atomic E-state index is 10.4. The molecule has 66 valence electrons. The van der Waals surface area contributed by atoms with Crippen LogP contribution in [-0.4, -0.2) is 19.2 Å². The summed E-state index contributed by atoms with van der Waals surface area (Å²) in [4.78, 5) is 0. The topological polar surface area (TPSA) is 77.5 Å². The molecular weight excluding hydrogens is 178 g/mol. The highest BCUT2D eigenvalue weighted by Gasteiger charge is 1.96. The molecule has 0 spiro atoms. The second kappa shape index (κ2) is 3.08. The largest absolute Gasteiger partial charge is 0.350 e. The Morgan fingerprint density at radius 3 is 2.75 bits per heavy atom. The zero-order chi connectivity index (χ0) is 9.19. The maximum Gasteiger partial charge on any atom is 0.317 e. The van der Waals surface area contributed by atoms with Crippen LogP contribution in [0.15, 0.2) is 22.7 Å². The molecule has 0 aromatic carbocycles. The molecule has 1 aromatic heterocycles. The molecule has 0 bridgehead atoms. The van der Waals surface area contributed by atoms with Crippen LogP contribution in [0.3, 0.4) is 0 Å². The van der Waals surface area contributed by atoms with Crippen molar-refractivity contribution in [2.45, 2.75) is 0 Å². The van der Waals surface area contributed by atoms with E-state index in [1.165, 1.54) is 6.21 Å². The van der Waals surface area contributed by atoms with E-state index >= 15 is 0 Å². The van der Waals surface area contributed by atoms with Gasteiger partial charge in [-0.3, -0.25) is 0 Å². The number of aromatic nitrogens is 1. The highest BCUT2D eigenvalue weighted by atomic mass is 32.2. The van der Waals surface area contributed by atoms with Crippen LogP contribution in [0.2, 0.25) is 0 Å². The summed E-state index contributed by atoms with van der Waals surface area (Å²) < 4.78 is 25.7. The molecule has 0 amide bonds. The van der Waals surface area contributed by atoms with Gasteiger partial charge in [0.15, 0.2) is 0 Å². The lowest BCUT2D eigenvalue weighted by atomic mass is 10.5. The Labute approximate surface area is 70.7 Å². The summed E-state index contributed by atoms with van der Waals surface area (Å²) in [5.41, 5.74) is 0.684. The first-order valence-corrected chi connectivity index (χ1v) is 4.69. The minimum absolute atomic E-state index is 0.684. The van der Waals surface area contributed by atoms with Gasteiger partial charge in [0.05, 0.1) is 11.9 Å². The van der Waals surface area contributed by atoms with Crippen LogP contribution in [0.4, 0.5) is 0 Å². The van der Waals surface area contributed by atoms with Crippen LogP contribution >= 0.6 is 0 Å². The average Bonchev–Trinajstić information content (AvgIpc) is 2.29. The van der Waals surface area contributed by atoms with Gasteiger partial charge in [-0.25, -0.2) is 5.14 Å². The summed E-state index contributed by atoms with van der Waals surface area (Å²) in [6.07, 6.45) is 2.99. The third-order valence-electron chi connectivity index (χ3n) is 1.32. The lowest BCUT2D eigenvalue weighted by Crippen LogP contribution is -2.08. The van der Waals surface area contributed by atoms with Crippen molar-refractivity contribution in [2.75, 3.05) is 0 Å². The second-order valence-electron chi connectivity index (χ2n) is 2.29. The van der Waals surface area contributed by atoms with Crippen molar-refractivity contribution in [3.05, 3.63) is 24.0 Å². The van der Waals surface area contributed by atoms with Gasteiger partial charge in [0.1, 0.15) is 0 Å². The highest BCUT2D eigenvalue weighted by Crippen LogP contribution is 1.95. The average molecular weight is 187 g/mol. The molecule has 0 unspecified atom stereocenters. The van der Waals surface area contributed by atoms with Gasteiger partial charge in [-0.1, -0.05) is 0 Å². The van der Waals surface area contributed by atoms with Crippen molar-refractivity contribution in [1.82, 2.24) is 4.57 Å². The SMILES string of the molecule is Cn1cccc1/C=N/S(N)(=O)=O. The molecule has 1 aromatic rings. The predicted octanol–water partition coefficient (Wildman–Crippen LogP) is -0.352. The van der Waals surface area contributed by atoms with Crippen LogP contribution < -0.4 is 5.14 Å². The van der Waals surface area contributed by atoms with E-state index in [2.05, 4.69) is 9.54 Å². The van der Waals surface area contributed by atoms with Crippen LogP contribution in [0.25, 0.3) is 0 Å². The molecule has 6 heteroatoms. The first kappa shape index (κ1) is 8.95. The van der Waals surface area contributed by atoms with Crippen LogP contribution in [0, 0.1) is 0 Å². The van der Waals surface area contributed by atoms with Gasteiger partial charge in [-0.05, 0) is 12.1 Å². The first-order chi connectivity index (χ1) is 5.49. The van der Waals surface area contributed by atoms with Gasteiger partial charge < -0.3 is 4.57 Å². The van der Waals surface area contributed by atoms with Crippen LogP contribution in [0.1, 0.15) is 5.69 Å². The van der Waals surface area contributed by atoms with E-state index in [1.807, 2.05) is 0 Å². The zero-order valence-corrected chi connectivity index (χ0v) is 7.32. The first-order valence-electron chi connectivity index (χ1n) is 3.18. The summed E-state index contributed by atoms with van der Waals surface area (Å²) in [6.45, 7) is 0. The van der Waals surface area contributed by atoms with E-state index in [0.717, 1.165) is 0 Å². The molecule has 12 heavy (non-hydrogen) atoms. The third-order valence-corrected chi connectivity index (χ3v) is 1.72. The molecule has 0 aliphatic carbocycles. The van der Waals surface area contributed by atoms with Gasteiger partial charge in [-0.15, -0.1) is 0 Å². The second-order valence-corrected chi connectivity index (χ2v) is 3.53. The Bertz CT molecular complexity index is 391. The third kappa shape index (κ3) is 2.48. The zero-order valence-electron chi connectivity index (χ0n) is 6.51. The number of hydrogen-bond acceptors (Lipinski definition) is 2. The molecule has 2 N–H and O–H groups in total. The standard InChI is InChI=1S/C6H9N3O2S/c1-9-4-2-3-6(9)5-8-12(7,10)11/h2-5H,1H3,(H2,7,10,11)/b8-5+. The normalized spacial score (nSPS) is 12.5. The lowest BCUT2D eigenvalue weighted by Gasteiger charge is -1.93. The predicted molar refractivity (Wildman–Crippen MR) is 46.1 cm³/mol. The molecule has 5 nitrogen and oxygen atoms in total. The van der Waals surface area contributed by atoms with Gasteiger partial charge in [0, 0.05) is 13.2 Å². The Kier molecular flexibility index (Phi) is 2.30. The van der Waals surface area contributed by atoms with Gasteiger partial charge in [0.25, 0.3) is 0 Å². The molecule has 0 radical (unpaired) electrons. The van der Waals surface area contributed by atoms with Crippen molar-refractivity contribution >= 4 is 16.4 Å². The van der Waals surface area contributed by atoms with Crippen molar-refractivity contribution in [3.8, 4) is 0 Å². The molecule has 0 fully saturated rings. The fourth-order valence-electron chi connectivity index (χ4n) is 0.736. The van der Waals surface area contributed by atoms with E-state index in [0.29, 0.717) is 5.69 Å². The molecule has 1 heterocycles. The quantitative estimate of drug-likeness (QED) is 0.642. The number of nitrogens with zero attached hydrogens (tertiary/aromatic N) is 2. The molecular formula is C6H9N3O2S. The number of aryl methyl sites for hydroxylation is 1. The summed E-state index contributed by atoms with van der Waals surface area (Å²) in [5, 5.41) is 4.67. The Hall–Kier alpha value is -1.14. The number of hydrogen-bond donors (Lipinski definition) is 1. The summed E-state index contributed by atoms with van der Waals surface area (Å²) in [5.74, 6) is 0. The van der Waals surface area contributed by atoms with E-state index in [9.17, 15) is 8.42 Å². The molecule has 0 atom stereocenters. The Balaban J connectivity index is 2.91. The Morgan fingerprint density at radius 1 is 1.67 bits per heavy atom. The molecule has 0 aliphatic heterocycles. The highest BCUT2D eigenvalue weighted by molar-refractivity contribution is 7.87. The molecule has 1 rings (SSSR count). The van der Waals surface area contributed by atoms with Crippen molar-refractivity contribution < 1.29 is 8.42 Å². The number of rotatable bonds is 2. The fraction of sp³-hybridized carbons (Fsp3) is 0.167. The molecule has 0 saturated carbocycles. The monoisotopic (exact) mass is 187 g/mol. The number of nitrogens with two attached hydrogens (primary N) is 1. The van der Waals surface area contributed by atoms with Gasteiger partial charge >= 0.3 is 10.2 Å².